The predicted molar refractivity (Wildman–Crippen MR) is 143 cm³/mol. The van der Waals surface area contributed by atoms with Gasteiger partial charge in [0.1, 0.15) is 0 Å². The Kier molecular flexibility index (Phi) is 8.84. The van der Waals surface area contributed by atoms with E-state index in [1.54, 1.807) is 0 Å². The van der Waals surface area contributed by atoms with E-state index in [2.05, 4.69) is 57.7 Å². The van der Waals surface area contributed by atoms with E-state index in [4.69, 9.17) is 10.7 Å². The van der Waals surface area contributed by atoms with Crippen molar-refractivity contribution in [2.24, 2.45) is 5.73 Å². The van der Waals surface area contributed by atoms with Crippen LogP contribution in [-0.4, -0.2) is 27.0 Å². The lowest BCUT2D eigenvalue weighted by atomic mass is 9.89. The van der Waals surface area contributed by atoms with E-state index in [0.717, 1.165) is 38.2 Å². The standard InChI is InChI=1S/C28H35N5.BrH/c29-25-9-4-10-26(25)33(27-11-3-6-23-7-5-17-32-28(23)27)20-22-14-12-21(13-15-22)18-30-19-24-8-1-2-16-31-24;/h1-2,5,7-8,12-17,25-27,30H,3-4,6,9-11,18-20,29H2;1H/t25-,26-,27?;/m1./s1. The Labute approximate surface area is 214 Å². The molecule has 0 amide bonds. The Hall–Kier alpha value is -2.12. The Morgan fingerprint density at radius 1 is 0.853 bits per heavy atom. The Balaban J connectivity index is 0.00000274. The molecule has 2 aromatic heterocycles. The van der Waals surface area contributed by atoms with Gasteiger partial charge in [0, 0.05) is 44.1 Å². The van der Waals surface area contributed by atoms with Crippen LogP contribution in [-0.2, 0) is 26.1 Å². The van der Waals surface area contributed by atoms with Crippen molar-refractivity contribution < 1.29 is 0 Å². The van der Waals surface area contributed by atoms with E-state index in [0.29, 0.717) is 12.1 Å². The first-order valence-corrected chi connectivity index (χ1v) is 12.4. The minimum absolute atomic E-state index is 0. The van der Waals surface area contributed by atoms with Gasteiger partial charge in [-0.1, -0.05) is 42.8 Å². The lowest BCUT2D eigenvalue weighted by Gasteiger charge is -2.40. The fourth-order valence-corrected chi connectivity index (χ4v) is 5.56. The number of nitrogens with one attached hydrogen (secondary N) is 1. The predicted octanol–water partition coefficient (Wildman–Crippen LogP) is 5.10. The van der Waals surface area contributed by atoms with Gasteiger partial charge in [-0.3, -0.25) is 14.9 Å². The number of aryl methyl sites for hydroxylation is 1. The quantitative estimate of drug-likeness (QED) is 0.431. The topological polar surface area (TPSA) is 67.1 Å². The summed E-state index contributed by atoms with van der Waals surface area (Å²) in [6.45, 7) is 2.55. The highest BCUT2D eigenvalue weighted by molar-refractivity contribution is 8.93. The molecule has 2 heterocycles. The number of hydrogen-bond acceptors (Lipinski definition) is 5. The molecule has 6 heteroatoms. The van der Waals surface area contributed by atoms with Crippen LogP contribution in [0.15, 0.2) is 67.0 Å². The van der Waals surface area contributed by atoms with Crippen LogP contribution >= 0.6 is 17.0 Å². The average Bonchev–Trinajstić information content (AvgIpc) is 3.29. The zero-order valence-corrected chi connectivity index (χ0v) is 21.5. The summed E-state index contributed by atoms with van der Waals surface area (Å²) in [6, 6.07) is 20.5. The van der Waals surface area contributed by atoms with Crippen molar-refractivity contribution in [1.82, 2.24) is 20.2 Å². The van der Waals surface area contributed by atoms with Crippen molar-refractivity contribution in [3.05, 3.63) is 95.1 Å². The van der Waals surface area contributed by atoms with Crippen LogP contribution in [0.5, 0.6) is 0 Å². The van der Waals surface area contributed by atoms with E-state index >= 15 is 0 Å². The van der Waals surface area contributed by atoms with E-state index in [9.17, 15) is 0 Å². The van der Waals surface area contributed by atoms with Crippen molar-refractivity contribution in [2.45, 2.75) is 76.3 Å². The summed E-state index contributed by atoms with van der Waals surface area (Å²) in [6.07, 6.45) is 10.9. The number of rotatable bonds is 8. The third-order valence-electron chi connectivity index (χ3n) is 7.27. The van der Waals surface area contributed by atoms with Crippen LogP contribution in [0.4, 0.5) is 0 Å². The smallest absolute Gasteiger partial charge is 0.0607 e. The summed E-state index contributed by atoms with van der Waals surface area (Å²) in [4.78, 5) is 11.9. The second-order valence-corrected chi connectivity index (χ2v) is 9.53. The first kappa shape index (κ1) is 25.0. The minimum atomic E-state index is 0. The third-order valence-corrected chi connectivity index (χ3v) is 7.27. The van der Waals surface area contributed by atoms with Crippen molar-refractivity contribution in [1.29, 1.82) is 0 Å². The number of halogens is 1. The molecular formula is C28H36BrN5. The van der Waals surface area contributed by atoms with Crippen molar-refractivity contribution in [3.8, 4) is 0 Å². The summed E-state index contributed by atoms with van der Waals surface area (Å²) < 4.78 is 0. The first-order chi connectivity index (χ1) is 16.3. The lowest BCUT2D eigenvalue weighted by molar-refractivity contribution is 0.100. The summed E-state index contributed by atoms with van der Waals surface area (Å²) in [5, 5.41) is 3.49. The Bertz CT molecular complexity index is 1030. The molecule has 2 aliphatic carbocycles. The molecule has 0 spiro atoms. The molecule has 1 unspecified atom stereocenters. The van der Waals surface area contributed by atoms with Gasteiger partial charge >= 0.3 is 0 Å². The number of pyridine rings is 2. The molecule has 3 aromatic rings. The maximum absolute atomic E-state index is 6.61. The van der Waals surface area contributed by atoms with Gasteiger partial charge in [0.25, 0.3) is 0 Å². The molecular weight excluding hydrogens is 486 g/mol. The third kappa shape index (κ3) is 5.92. The number of benzene rings is 1. The summed E-state index contributed by atoms with van der Waals surface area (Å²) in [5.74, 6) is 0. The Morgan fingerprint density at radius 2 is 1.68 bits per heavy atom. The van der Waals surface area contributed by atoms with Crippen molar-refractivity contribution in [3.63, 3.8) is 0 Å². The van der Waals surface area contributed by atoms with Crippen LogP contribution < -0.4 is 11.1 Å². The fourth-order valence-electron chi connectivity index (χ4n) is 5.56. The number of hydrogen-bond donors (Lipinski definition) is 2. The zero-order valence-electron chi connectivity index (χ0n) is 19.8. The SMILES string of the molecule is Br.N[C@@H]1CCC[C@H]1N(Cc1ccc(CNCc2ccccn2)cc1)C1CCCc2cccnc21. The van der Waals surface area contributed by atoms with Gasteiger partial charge in [-0.25, -0.2) is 0 Å². The monoisotopic (exact) mass is 521 g/mol. The molecule has 0 saturated heterocycles. The number of nitrogens with zero attached hydrogens (tertiary/aromatic N) is 3. The van der Waals surface area contributed by atoms with Crippen molar-refractivity contribution in [2.75, 3.05) is 0 Å². The molecule has 5 nitrogen and oxygen atoms in total. The van der Waals surface area contributed by atoms with Gasteiger partial charge in [0.05, 0.1) is 17.4 Å². The Morgan fingerprint density at radius 3 is 2.44 bits per heavy atom. The average molecular weight is 523 g/mol. The number of aromatic nitrogens is 2. The fraction of sp³-hybridized carbons (Fsp3) is 0.429. The van der Waals surface area contributed by atoms with Gasteiger partial charge in [-0.05, 0) is 67.0 Å². The normalized spacial score (nSPS) is 21.8. The molecule has 1 aromatic carbocycles. The van der Waals surface area contributed by atoms with Crippen LogP contribution in [0, 0.1) is 0 Å². The van der Waals surface area contributed by atoms with Crippen LogP contribution in [0.2, 0.25) is 0 Å². The maximum atomic E-state index is 6.61. The van der Waals surface area contributed by atoms with Crippen LogP contribution in [0.3, 0.4) is 0 Å². The highest BCUT2D eigenvalue weighted by Gasteiger charge is 2.36. The van der Waals surface area contributed by atoms with Crippen LogP contribution in [0.25, 0.3) is 0 Å². The first-order valence-electron chi connectivity index (χ1n) is 12.4. The van der Waals surface area contributed by atoms with Crippen molar-refractivity contribution >= 4 is 17.0 Å². The van der Waals surface area contributed by atoms with Gasteiger partial charge in [0.2, 0.25) is 0 Å². The van der Waals surface area contributed by atoms with Gasteiger partial charge in [-0.2, -0.15) is 0 Å². The van der Waals surface area contributed by atoms with Gasteiger partial charge in [-0.15, -0.1) is 17.0 Å². The molecule has 0 aliphatic heterocycles. The largest absolute Gasteiger partial charge is 0.326 e. The lowest BCUT2D eigenvalue weighted by Crippen LogP contribution is -2.46. The second kappa shape index (κ2) is 12.0. The molecule has 34 heavy (non-hydrogen) atoms. The number of fused-ring (bicyclic) bond motifs is 1. The summed E-state index contributed by atoms with van der Waals surface area (Å²) >= 11 is 0. The molecule has 2 aliphatic rings. The van der Waals surface area contributed by atoms with Gasteiger partial charge < -0.3 is 11.1 Å². The molecule has 1 fully saturated rings. The zero-order chi connectivity index (χ0) is 22.5. The second-order valence-electron chi connectivity index (χ2n) is 9.53. The molecule has 3 N–H and O–H groups in total. The molecule has 3 atom stereocenters. The summed E-state index contributed by atoms with van der Waals surface area (Å²) in [7, 11) is 0. The van der Waals surface area contributed by atoms with E-state index in [-0.39, 0.29) is 23.0 Å². The molecule has 0 radical (unpaired) electrons. The molecule has 1 saturated carbocycles. The highest BCUT2D eigenvalue weighted by atomic mass is 79.9. The van der Waals surface area contributed by atoms with Gasteiger partial charge in [0.15, 0.2) is 0 Å². The highest BCUT2D eigenvalue weighted by Crippen LogP contribution is 2.38. The summed E-state index contributed by atoms with van der Waals surface area (Å²) in [5.41, 5.74) is 13.0. The maximum Gasteiger partial charge on any atom is 0.0607 e. The van der Waals surface area contributed by atoms with E-state index in [1.165, 1.54) is 48.1 Å². The molecule has 5 rings (SSSR count). The molecule has 180 valence electrons. The van der Waals surface area contributed by atoms with E-state index < -0.39 is 0 Å². The molecule has 0 bridgehead atoms. The van der Waals surface area contributed by atoms with Crippen LogP contribution in [0.1, 0.15) is 66.2 Å². The number of nitrogens with two attached hydrogens (primary N) is 1. The van der Waals surface area contributed by atoms with E-state index in [1.807, 2.05) is 24.5 Å². The minimum Gasteiger partial charge on any atom is -0.326 e.